The molecule has 17 heavy (non-hydrogen) atoms. The van der Waals surface area contributed by atoms with Gasteiger partial charge >= 0.3 is 0 Å². The molecule has 1 aromatic carbocycles. The minimum atomic E-state index is -0.108. The molecule has 0 aromatic heterocycles. The molecule has 0 spiro atoms. The molecule has 0 radical (unpaired) electrons. The summed E-state index contributed by atoms with van der Waals surface area (Å²) >= 11 is 0. The van der Waals surface area contributed by atoms with Gasteiger partial charge in [-0.1, -0.05) is 24.6 Å². The second-order valence-corrected chi connectivity index (χ2v) is 4.78. The number of hydrogen-bond acceptors (Lipinski definition) is 2. The summed E-state index contributed by atoms with van der Waals surface area (Å²) in [5.74, 6) is -0.108. The maximum absolute atomic E-state index is 13.6. The number of rotatable bonds is 4. The molecule has 1 atom stereocenters. The normalized spacial score (nSPS) is 19.2. The average Bonchev–Trinajstić information content (AvgIpc) is 2.39. The van der Waals surface area contributed by atoms with Gasteiger partial charge in [-0.05, 0) is 44.0 Å². The second-order valence-electron chi connectivity index (χ2n) is 4.78. The van der Waals surface area contributed by atoms with E-state index in [-0.39, 0.29) is 11.9 Å². The Hall–Kier alpha value is -0.930. The van der Waals surface area contributed by atoms with Crippen molar-refractivity contribution in [1.82, 2.24) is 4.90 Å². The predicted molar refractivity (Wildman–Crippen MR) is 68.4 cm³/mol. The molecule has 1 aliphatic heterocycles. The highest BCUT2D eigenvalue weighted by Crippen LogP contribution is 2.16. The van der Waals surface area contributed by atoms with E-state index < -0.39 is 0 Å². The van der Waals surface area contributed by atoms with Crippen LogP contribution >= 0.6 is 0 Å². The van der Waals surface area contributed by atoms with Crippen LogP contribution in [0.15, 0.2) is 24.3 Å². The number of benzene rings is 1. The molecule has 0 aliphatic carbocycles. The van der Waals surface area contributed by atoms with E-state index in [9.17, 15) is 4.39 Å². The molecule has 1 heterocycles. The quantitative estimate of drug-likeness (QED) is 0.868. The zero-order chi connectivity index (χ0) is 12.1. The van der Waals surface area contributed by atoms with Crippen molar-refractivity contribution in [2.75, 3.05) is 19.6 Å². The van der Waals surface area contributed by atoms with Gasteiger partial charge in [-0.15, -0.1) is 0 Å². The highest BCUT2D eigenvalue weighted by atomic mass is 19.1. The van der Waals surface area contributed by atoms with Crippen LogP contribution in [0.1, 0.15) is 24.8 Å². The summed E-state index contributed by atoms with van der Waals surface area (Å²) in [7, 11) is 0. The predicted octanol–water partition coefficient (Wildman–Crippen LogP) is 2.18. The smallest absolute Gasteiger partial charge is 0.126 e. The van der Waals surface area contributed by atoms with Gasteiger partial charge in [0.15, 0.2) is 0 Å². The first-order chi connectivity index (χ1) is 8.31. The van der Waals surface area contributed by atoms with E-state index in [2.05, 4.69) is 4.90 Å². The van der Waals surface area contributed by atoms with E-state index in [0.717, 1.165) is 25.1 Å². The standard InChI is InChI=1S/C14H21FN2/c15-14-7-3-2-6-12(14)10-13(11-16)17-8-4-1-5-9-17/h2-3,6-7,13H,1,4-5,8-11,16H2. The lowest BCUT2D eigenvalue weighted by molar-refractivity contribution is 0.165. The van der Waals surface area contributed by atoms with Crippen LogP contribution in [-0.2, 0) is 6.42 Å². The lowest BCUT2D eigenvalue weighted by atomic mass is 10.0. The van der Waals surface area contributed by atoms with Crippen LogP contribution in [0.3, 0.4) is 0 Å². The second kappa shape index (κ2) is 6.12. The SMILES string of the molecule is NCC(Cc1ccccc1F)N1CCCCC1. The molecule has 94 valence electrons. The third-order valence-electron chi connectivity index (χ3n) is 3.59. The molecule has 0 saturated carbocycles. The third kappa shape index (κ3) is 3.27. The fourth-order valence-electron chi connectivity index (χ4n) is 2.56. The van der Waals surface area contributed by atoms with E-state index in [1.807, 2.05) is 12.1 Å². The van der Waals surface area contributed by atoms with Crippen LogP contribution in [0.2, 0.25) is 0 Å². The van der Waals surface area contributed by atoms with Crippen molar-refractivity contribution in [2.45, 2.75) is 31.7 Å². The van der Waals surface area contributed by atoms with Gasteiger partial charge in [0.05, 0.1) is 0 Å². The lowest BCUT2D eigenvalue weighted by Crippen LogP contribution is -2.44. The first kappa shape index (κ1) is 12.5. The highest BCUT2D eigenvalue weighted by molar-refractivity contribution is 5.18. The van der Waals surface area contributed by atoms with Crippen molar-refractivity contribution >= 4 is 0 Å². The van der Waals surface area contributed by atoms with Gasteiger partial charge < -0.3 is 5.73 Å². The maximum atomic E-state index is 13.6. The van der Waals surface area contributed by atoms with Crippen molar-refractivity contribution in [3.05, 3.63) is 35.6 Å². The zero-order valence-corrected chi connectivity index (χ0v) is 10.2. The number of piperidine rings is 1. The number of likely N-dealkylation sites (tertiary alicyclic amines) is 1. The van der Waals surface area contributed by atoms with Gasteiger partial charge in [-0.2, -0.15) is 0 Å². The minimum absolute atomic E-state index is 0.108. The van der Waals surface area contributed by atoms with E-state index in [1.54, 1.807) is 6.07 Å². The molecule has 1 fully saturated rings. The van der Waals surface area contributed by atoms with Crippen LogP contribution in [0.25, 0.3) is 0 Å². The van der Waals surface area contributed by atoms with Crippen molar-refractivity contribution in [3.63, 3.8) is 0 Å². The first-order valence-electron chi connectivity index (χ1n) is 6.49. The molecule has 1 aromatic rings. The average molecular weight is 236 g/mol. The van der Waals surface area contributed by atoms with Crippen LogP contribution in [0, 0.1) is 5.82 Å². The van der Waals surface area contributed by atoms with E-state index in [4.69, 9.17) is 5.73 Å². The van der Waals surface area contributed by atoms with Gasteiger partial charge in [0.1, 0.15) is 5.82 Å². The fraction of sp³-hybridized carbons (Fsp3) is 0.571. The number of nitrogens with zero attached hydrogens (tertiary/aromatic N) is 1. The summed E-state index contributed by atoms with van der Waals surface area (Å²) in [6.45, 7) is 2.82. The van der Waals surface area contributed by atoms with E-state index in [1.165, 1.54) is 25.3 Å². The molecular formula is C14H21FN2. The van der Waals surface area contributed by atoms with Gasteiger partial charge in [0.2, 0.25) is 0 Å². The van der Waals surface area contributed by atoms with Gasteiger partial charge in [-0.25, -0.2) is 4.39 Å². The van der Waals surface area contributed by atoms with Crippen molar-refractivity contribution < 1.29 is 4.39 Å². The number of hydrogen-bond donors (Lipinski definition) is 1. The summed E-state index contributed by atoms with van der Waals surface area (Å²) < 4.78 is 13.6. The largest absolute Gasteiger partial charge is 0.329 e. The fourth-order valence-corrected chi connectivity index (χ4v) is 2.56. The lowest BCUT2D eigenvalue weighted by Gasteiger charge is -2.34. The number of nitrogens with two attached hydrogens (primary N) is 1. The van der Waals surface area contributed by atoms with Crippen molar-refractivity contribution in [2.24, 2.45) is 5.73 Å². The van der Waals surface area contributed by atoms with E-state index in [0.29, 0.717) is 6.54 Å². The summed E-state index contributed by atoms with van der Waals surface area (Å²) in [5, 5.41) is 0. The summed E-state index contributed by atoms with van der Waals surface area (Å²) in [5.41, 5.74) is 6.62. The molecule has 1 aliphatic rings. The first-order valence-corrected chi connectivity index (χ1v) is 6.49. The number of halogens is 1. The molecule has 0 amide bonds. The molecule has 1 unspecified atom stereocenters. The van der Waals surface area contributed by atoms with Crippen LogP contribution in [-0.4, -0.2) is 30.6 Å². The van der Waals surface area contributed by atoms with Gasteiger partial charge in [0.25, 0.3) is 0 Å². The Morgan fingerprint density at radius 3 is 2.53 bits per heavy atom. The molecule has 2 N–H and O–H groups in total. The summed E-state index contributed by atoms with van der Waals surface area (Å²) in [6.07, 6.45) is 4.53. The minimum Gasteiger partial charge on any atom is -0.329 e. The molecule has 2 nitrogen and oxygen atoms in total. The third-order valence-corrected chi connectivity index (χ3v) is 3.59. The Morgan fingerprint density at radius 1 is 1.18 bits per heavy atom. The van der Waals surface area contributed by atoms with E-state index >= 15 is 0 Å². The Kier molecular flexibility index (Phi) is 4.51. The van der Waals surface area contributed by atoms with Gasteiger partial charge in [-0.3, -0.25) is 4.90 Å². The molecule has 0 bridgehead atoms. The molecule has 2 rings (SSSR count). The molecule has 3 heteroatoms. The zero-order valence-electron chi connectivity index (χ0n) is 10.2. The maximum Gasteiger partial charge on any atom is 0.126 e. The van der Waals surface area contributed by atoms with Gasteiger partial charge in [0, 0.05) is 12.6 Å². The highest BCUT2D eigenvalue weighted by Gasteiger charge is 2.20. The Bertz CT molecular complexity index is 348. The van der Waals surface area contributed by atoms with Crippen molar-refractivity contribution in [1.29, 1.82) is 0 Å². The molecule has 1 saturated heterocycles. The Labute approximate surface area is 103 Å². The monoisotopic (exact) mass is 236 g/mol. The van der Waals surface area contributed by atoms with Crippen LogP contribution in [0.5, 0.6) is 0 Å². The van der Waals surface area contributed by atoms with Crippen LogP contribution in [0.4, 0.5) is 4.39 Å². The molecular weight excluding hydrogens is 215 g/mol. The Balaban J connectivity index is 2.01. The van der Waals surface area contributed by atoms with Crippen LogP contribution < -0.4 is 5.73 Å². The summed E-state index contributed by atoms with van der Waals surface area (Å²) in [4.78, 5) is 2.41. The summed E-state index contributed by atoms with van der Waals surface area (Å²) in [6, 6.07) is 7.30. The topological polar surface area (TPSA) is 29.3 Å². The van der Waals surface area contributed by atoms with Crippen molar-refractivity contribution in [3.8, 4) is 0 Å². The Morgan fingerprint density at radius 2 is 1.88 bits per heavy atom.